The number of hydrogen-bond donors (Lipinski definition) is 0. The first-order valence-corrected chi connectivity index (χ1v) is 10.4. The Balaban J connectivity index is 1.31. The molecule has 144 valence electrons. The van der Waals surface area contributed by atoms with Crippen LogP contribution in [0.2, 0.25) is 0 Å². The predicted octanol–water partition coefficient (Wildman–Crippen LogP) is 3.95. The molecule has 2 aromatic heterocycles. The first-order chi connectivity index (χ1) is 13.8. The fourth-order valence-corrected chi connectivity index (χ4v) is 4.88. The largest absolute Gasteiger partial charge is 0.306 e. The van der Waals surface area contributed by atoms with Gasteiger partial charge in [-0.05, 0) is 48.9 Å². The maximum atomic E-state index is 4.53. The number of fused-ring (bicyclic) bond motifs is 3. The molecule has 0 amide bonds. The minimum atomic E-state index is 0.494. The van der Waals surface area contributed by atoms with Gasteiger partial charge in [0.1, 0.15) is 5.82 Å². The molecule has 5 nitrogen and oxygen atoms in total. The molecular formula is C23H27N5. The number of rotatable bonds is 5. The second-order valence-corrected chi connectivity index (χ2v) is 8.27. The van der Waals surface area contributed by atoms with Crippen molar-refractivity contribution < 1.29 is 0 Å². The van der Waals surface area contributed by atoms with Crippen LogP contribution in [0.5, 0.6) is 0 Å². The fraction of sp³-hybridized carbons (Fsp3) is 0.435. The third-order valence-electron chi connectivity index (χ3n) is 6.50. The molecule has 2 aliphatic rings. The summed E-state index contributed by atoms with van der Waals surface area (Å²) in [6.45, 7) is 5.80. The van der Waals surface area contributed by atoms with Crippen molar-refractivity contribution in [1.29, 1.82) is 0 Å². The minimum Gasteiger partial charge on any atom is -0.306 e. The Morgan fingerprint density at radius 2 is 1.86 bits per heavy atom. The van der Waals surface area contributed by atoms with Crippen molar-refractivity contribution in [2.45, 2.75) is 38.1 Å². The Hall–Kier alpha value is -2.53. The molecule has 2 aliphatic heterocycles. The van der Waals surface area contributed by atoms with E-state index in [0.717, 1.165) is 36.7 Å². The molecule has 0 radical (unpaired) electrons. The molecule has 0 bridgehead atoms. The Bertz CT molecular complexity index is 921. The third-order valence-corrected chi connectivity index (χ3v) is 6.50. The highest BCUT2D eigenvalue weighted by Crippen LogP contribution is 2.39. The van der Waals surface area contributed by atoms with E-state index < -0.39 is 0 Å². The van der Waals surface area contributed by atoms with Crippen molar-refractivity contribution in [3.05, 3.63) is 66.2 Å². The van der Waals surface area contributed by atoms with Gasteiger partial charge in [0, 0.05) is 37.5 Å². The lowest BCUT2D eigenvalue weighted by Gasteiger charge is -2.27. The molecule has 0 unspecified atom stereocenters. The van der Waals surface area contributed by atoms with Gasteiger partial charge in [-0.3, -0.25) is 4.98 Å². The molecule has 3 aromatic rings. The van der Waals surface area contributed by atoms with Crippen LogP contribution in [0.4, 0.5) is 0 Å². The standard InChI is InChI=1S/C23H27N5/c1-17(18-5-3-2-4-6-18)11-14-27-15-20-7-8-22-25-26-23(28(22)21(20)16-27)19-9-12-24-13-10-19/h2-6,9-10,12-13,17,20-21H,7-8,11,14-16H2,1H3/t17-,20+,21-/m0/s1. The lowest BCUT2D eigenvalue weighted by molar-refractivity contribution is 0.308. The van der Waals surface area contributed by atoms with E-state index in [1.165, 1.54) is 24.9 Å². The number of nitrogens with zero attached hydrogens (tertiary/aromatic N) is 5. The summed E-state index contributed by atoms with van der Waals surface area (Å²) < 4.78 is 2.42. The number of aryl methyl sites for hydroxylation is 1. The monoisotopic (exact) mass is 373 g/mol. The van der Waals surface area contributed by atoms with Crippen molar-refractivity contribution in [2.24, 2.45) is 5.92 Å². The van der Waals surface area contributed by atoms with E-state index in [1.807, 2.05) is 24.5 Å². The summed E-state index contributed by atoms with van der Waals surface area (Å²) in [4.78, 5) is 6.80. The molecule has 1 aromatic carbocycles. The predicted molar refractivity (Wildman–Crippen MR) is 110 cm³/mol. The summed E-state index contributed by atoms with van der Waals surface area (Å²) in [5, 5.41) is 9.04. The SMILES string of the molecule is C[C@@H](CCN1C[C@H]2CCc3nnc(-c4ccncc4)n3[C@H]2C1)c1ccccc1. The number of aromatic nitrogens is 4. The van der Waals surface area contributed by atoms with Crippen molar-refractivity contribution in [3.8, 4) is 11.4 Å². The van der Waals surface area contributed by atoms with Crippen LogP contribution in [-0.2, 0) is 6.42 Å². The van der Waals surface area contributed by atoms with Crippen LogP contribution in [0.1, 0.15) is 43.1 Å². The highest BCUT2D eigenvalue weighted by Gasteiger charge is 2.39. The highest BCUT2D eigenvalue weighted by atomic mass is 15.3. The normalized spacial score (nSPS) is 22.6. The quantitative estimate of drug-likeness (QED) is 0.679. The second-order valence-electron chi connectivity index (χ2n) is 8.27. The summed E-state index contributed by atoms with van der Waals surface area (Å²) in [5.74, 6) is 3.46. The molecule has 1 fully saturated rings. The number of hydrogen-bond acceptors (Lipinski definition) is 4. The van der Waals surface area contributed by atoms with Gasteiger partial charge < -0.3 is 9.47 Å². The van der Waals surface area contributed by atoms with E-state index in [0.29, 0.717) is 17.9 Å². The van der Waals surface area contributed by atoms with Gasteiger partial charge in [-0.2, -0.15) is 0 Å². The first kappa shape index (κ1) is 17.6. The van der Waals surface area contributed by atoms with E-state index in [1.54, 1.807) is 0 Å². The summed E-state index contributed by atoms with van der Waals surface area (Å²) in [7, 11) is 0. The molecule has 0 N–H and O–H groups in total. The van der Waals surface area contributed by atoms with Crippen LogP contribution in [0.3, 0.4) is 0 Å². The van der Waals surface area contributed by atoms with Gasteiger partial charge in [0.15, 0.2) is 5.82 Å². The van der Waals surface area contributed by atoms with Gasteiger partial charge in [0.05, 0.1) is 6.04 Å². The van der Waals surface area contributed by atoms with Crippen LogP contribution in [0.25, 0.3) is 11.4 Å². The Morgan fingerprint density at radius 1 is 1.04 bits per heavy atom. The highest BCUT2D eigenvalue weighted by molar-refractivity contribution is 5.54. The van der Waals surface area contributed by atoms with Gasteiger partial charge in [-0.1, -0.05) is 37.3 Å². The molecule has 0 saturated carbocycles. The van der Waals surface area contributed by atoms with E-state index >= 15 is 0 Å². The molecule has 0 aliphatic carbocycles. The zero-order chi connectivity index (χ0) is 18.9. The molecule has 28 heavy (non-hydrogen) atoms. The van der Waals surface area contributed by atoms with Crippen molar-refractivity contribution in [2.75, 3.05) is 19.6 Å². The van der Waals surface area contributed by atoms with Crippen LogP contribution in [0, 0.1) is 5.92 Å². The second kappa shape index (κ2) is 7.47. The van der Waals surface area contributed by atoms with Crippen molar-refractivity contribution in [1.82, 2.24) is 24.6 Å². The van der Waals surface area contributed by atoms with E-state index in [-0.39, 0.29) is 0 Å². The summed E-state index contributed by atoms with van der Waals surface area (Å²) in [6, 6.07) is 15.4. The van der Waals surface area contributed by atoms with E-state index in [4.69, 9.17) is 0 Å². The van der Waals surface area contributed by atoms with Crippen LogP contribution in [-0.4, -0.2) is 44.3 Å². The number of pyridine rings is 1. The third kappa shape index (κ3) is 3.24. The van der Waals surface area contributed by atoms with E-state index in [9.17, 15) is 0 Å². The first-order valence-electron chi connectivity index (χ1n) is 10.4. The van der Waals surface area contributed by atoms with Gasteiger partial charge in [0.25, 0.3) is 0 Å². The van der Waals surface area contributed by atoms with Gasteiger partial charge in [-0.25, -0.2) is 0 Å². The van der Waals surface area contributed by atoms with Crippen LogP contribution >= 0.6 is 0 Å². The molecule has 4 heterocycles. The number of likely N-dealkylation sites (tertiary alicyclic amines) is 1. The molecule has 5 heteroatoms. The summed E-state index contributed by atoms with van der Waals surface area (Å²) >= 11 is 0. The average molecular weight is 374 g/mol. The van der Waals surface area contributed by atoms with Crippen LogP contribution < -0.4 is 0 Å². The molecule has 0 spiro atoms. The zero-order valence-electron chi connectivity index (χ0n) is 16.4. The molecule has 3 atom stereocenters. The van der Waals surface area contributed by atoms with E-state index in [2.05, 4.69) is 61.9 Å². The maximum absolute atomic E-state index is 4.53. The minimum absolute atomic E-state index is 0.494. The Labute approximate surface area is 166 Å². The smallest absolute Gasteiger partial charge is 0.164 e. The zero-order valence-corrected chi connectivity index (χ0v) is 16.4. The topological polar surface area (TPSA) is 46.8 Å². The Kier molecular flexibility index (Phi) is 4.69. The molecule has 5 rings (SSSR count). The van der Waals surface area contributed by atoms with Gasteiger partial charge in [-0.15, -0.1) is 10.2 Å². The number of benzene rings is 1. The van der Waals surface area contributed by atoms with Crippen molar-refractivity contribution >= 4 is 0 Å². The lowest BCUT2D eigenvalue weighted by atomic mass is 9.93. The van der Waals surface area contributed by atoms with Crippen molar-refractivity contribution in [3.63, 3.8) is 0 Å². The summed E-state index contributed by atoms with van der Waals surface area (Å²) in [6.07, 6.45) is 7.14. The molecule has 1 saturated heterocycles. The fourth-order valence-electron chi connectivity index (χ4n) is 4.88. The molecular weight excluding hydrogens is 346 g/mol. The van der Waals surface area contributed by atoms with Gasteiger partial charge >= 0.3 is 0 Å². The maximum Gasteiger partial charge on any atom is 0.164 e. The Morgan fingerprint density at radius 3 is 2.68 bits per heavy atom. The lowest BCUT2D eigenvalue weighted by Crippen LogP contribution is -2.26. The van der Waals surface area contributed by atoms with Gasteiger partial charge in [0.2, 0.25) is 0 Å². The average Bonchev–Trinajstić information content (AvgIpc) is 3.37. The van der Waals surface area contributed by atoms with Crippen LogP contribution in [0.15, 0.2) is 54.9 Å². The summed E-state index contributed by atoms with van der Waals surface area (Å²) in [5.41, 5.74) is 2.56.